The number of hydrogen-bond donors (Lipinski definition) is 3. The number of amides is 1. The highest BCUT2D eigenvalue weighted by Gasteiger charge is 2.39. The molecule has 21 heavy (non-hydrogen) atoms. The van der Waals surface area contributed by atoms with Crippen molar-refractivity contribution < 1.29 is 14.7 Å². The monoisotopic (exact) mass is 297 g/mol. The van der Waals surface area contributed by atoms with Gasteiger partial charge in [-0.1, -0.05) is 12.8 Å². The van der Waals surface area contributed by atoms with Gasteiger partial charge >= 0.3 is 5.97 Å². The first kappa shape index (κ1) is 16.2. The first-order valence-electron chi connectivity index (χ1n) is 7.92. The quantitative estimate of drug-likeness (QED) is 0.701. The van der Waals surface area contributed by atoms with Crippen LogP contribution in [0.4, 0.5) is 0 Å². The van der Waals surface area contributed by atoms with Gasteiger partial charge in [-0.05, 0) is 26.7 Å². The van der Waals surface area contributed by atoms with Gasteiger partial charge in [-0.15, -0.1) is 0 Å². The Hall–Kier alpha value is -1.14. The van der Waals surface area contributed by atoms with E-state index in [0.717, 1.165) is 45.4 Å². The Morgan fingerprint density at radius 1 is 1.19 bits per heavy atom. The molecule has 2 fully saturated rings. The molecule has 0 aromatic carbocycles. The Bertz CT molecular complexity index is 392. The Morgan fingerprint density at radius 3 is 2.43 bits per heavy atom. The van der Waals surface area contributed by atoms with Crippen LogP contribution in [-0.2, 0) is 9.59 Å². The second kappa shape index (κ2) is 6.75. The molecular weight excluding hydrogens is 270 g/mol. The number of rotatable bonds is 4. The maximum atomic E-state index is 12.6. The average Bonchev–Trinajstić information content (AvgIpc) is 2.48. The van der Waals surface area contributed by atoms with Crippen molar-refractivity contribution in [1.82, 2.24) is 15.5 Å². The maximum Gasteiger partial charge on any atom is 0.308 e. The molecule has 120 valence electrons. The highest BCUT2D eigenvalue weighted by atomic mass is 16.4. The lowest BCUT2D eigenvalue weighted by atomic mass is 9.84. The zero-order valence-electron chi connectivity index (χ0n) is 13.0. The van der Waals surface area contributed by atoms with Crippen LogP contribution in [-0.4, -0.2) is 59.6 Å². The van der Waals surface area contributed by atoms with Crippen LogP contribution in [0.2, 0.25) is 0 Å². The molecule has 0 bridgehead atoms. The fourth-order valence-corrected chi connectivity index (χ4v) is 3.31. The summed E-state index contributed by atoms with van der Waals surface area (Å²) >= 11 is 0. The van der Waals surface area contributed by atoms with E-state index in [1.54, 1.807) is 0 Å². The number of hydrogen-bond acceptors (Lipinski definition) is 4. The standard InChI is InChI=1S/C15H27N3O3/c1-15(2,18-9-7-16-8-10-18)14(21)17-12-6-4-3-5-11(12)13(19)20/h11-12,16H,3-10H2,1-2H3,(H,17,21)(H,19,20). The molecular formula is C15H27N3O3. The zero-order valence-corrected chi connectivity index (χ0v) is 13.0. The van der Waals surface area contributed by atoms with E-state index < -0.39 is 17.4 Å². The molecule has 2 atom stereocenters. The lowest BCUT2D eigenvalue weighted by molar-refractivity contribution is -0.144. The third-order valence-corrected chi connectivity index (χ3v) is 4.86. The lowest BCUT2D eigenvalue weighted by Gasteiger charge is -2.41. The highest BCUT2D eigenvalue weighted by Crippen LogP contribution is 2.26. The molecule has 3 N–H and O–H groups in total. The Balaban J connectivity index is 1.99. The molecule has 2 aliphatic rings. The van der Waals surface area contributed by atoms with Crippen LogP contribution < -0.4 is 10.6 Å². The van der Waals surface area contributed by atoms with Gasteiger partial charge < -0.3 is 15.7 Å². The van der Waals surface area contributed by atoms with Crippen molar-refractivity contribution in [2.45, 2.75) is 51.1 Å². The molecule has 0 radical (unpaired) electrons. The molecule has 0 aromatic rings. The molecule has 0 spiro atoms. The first-order chi connectivity index (χ1) is 9.93. The predicted molar refractivity (Wildman–Crippen MR) is 80.0 cm³/mol. The van der Waals surface area contributed by atoms with E-state index in [2.05, 4.69) is 15.5 Å². The number of nitrogens with one attached hydrogen (secondary N) is 2. The van der Waals surface area contributed by atoms with Gasteiger partial charge in [0.15, 0.2) is 0 Å². The Labute approximate surface area is 126 Å². The van der Waals surface area contributed by atoms with E-state index in [1.165, 1.54) is 0 Å². The zero-order chi connectivity index (χ0) is 15.5. The number of piperazine rings is 1. The number of nitrogens with zero attached hydrogens (tertiary/aromatic N) is 1. The van der Waals surface area contributed by atoms with Crippen LogP contribution in [0.1, 0.15) is 39.5 Å². The second-order valence-electron chi connectivity index (χ2n) is 6.61. The minimum Gasteiger partial charge on any atom is -0.481 e. The van der Waals surface area contributed by atoms with E-state index >= 15 is 0 Å². The summed E-state index contributed by atoms with van der Waals surface area (Å²) in [6.07, 6.45) is 3.35. The van der Waals surface area contributed by atoms with E-state index in [0.29, 0.717) is 6.42 Å². The average molecular weight is 297 g/mol. The summed E-state index contributed by atoms with van der Waals surface area (Å²) in [4.78, 5) is 26.1. The molecule has 0 aromatic heterocycles. The molecule has 1 aliphatic carbocycles. The van der Waals surface area contributed by atoms with E-state index in [-0.39, 0.29) is 11.9 Å². The number of carbonyl (C=O) groups excluding carboxylic acids is 1. The highest BCUT2D eigenvalue weighted by molar-refractivity contribution is 5.86. The topological polar surface area (TPSA) is 81.7 Å². The lowest BCUT2D eigenvalue weighted by Crippen LogP contribution is -2.62. The summed E-state index contributed by atoms with van der Waals surface area (Å²) in [5, 5.41) is 15.6. The molecule has 1 saturated carbocycles. The van der Waals surface area contributed by atoms with Crippen LogP contribution in [0.15, 0.2) is 0 Å². The summed E-state index contributed by atoms with van der Waals surface area (Å²) in [7, 11) is 0. The van der Waals surface area contributed by atoms with Gasteiger partial charge in [0.2, 0.25) is 5.91 Å². The van der Waals surface area contributed by atoms with Crippen molar-refractivity contribution in [3.8, 4) is 0 Å². The summed E-state index contributed by atoms with van der Waals surface area (Å²) in [6, 6.07) is -0.231. The Kier molecular flexibility index (Phi) is 5.22. The fourth-order valence-electron chi connectivity index (χ4n) is 3.31. The van der Waals surface area contributed by atoms with Crippen molar-refractivity contribution in [2.75, 3.05) is 26.2 Å². The molecule has 1 aliphatic heterocycles. The summed E-state index contributed by atoms with van der Waals surface area (Å²) in [6.45, 7) is 7.30. The molecule has 6 heteroatoms. The van der Waals surface area contributed by atoms with E-state index in [9.17, 15) is 14.7 Å². The summed E-state index contributed by atoms with van der Waals surface area (Å²) < 4.78 is 0. The van der Waals surface area contributed by atoms with Gasteiger partial charge in [-0.3, -0.25) is 14.5 Å². The van der Waals surface area contributed by atoms with Crippen molar-refractivity contribution in [2.24, 2.45) is 5.92 Å². The number of carboxylic acids is 1. The molecule has 1 heterocycles. The number of carbonyl (C=O) groups is 2. The summed E-state index contributed by atoms with van der Waals surface area (Å²) in [5.41, 5.74) is -0.595. The van der Waals surface area contributed by atoms with Gasteiger partial charge in [0, 0.05) is 32.2 Å². The predicted octanol–water partition coefficient (Wildman–Crippen LogP) is 0.430. The molecule has 2 unspecified atom stereocenters. The van der Waals surface area contributed by atoms with Gasteiger partial charge in [-0.25, -0.2) is 0 Å². The van der Waals surface area contributed by atoms with Crippen molar-refractivity contribution in [1.29, 1.82) is 0 Å². The molecule has 1 amide bonds. The van der Waals surface area contributed by atoms with Gasteiger partial charge in [0.25, 0.3) is 0 Å². The van der Waals surface area contributed by atoms with Crippen molar-refractivity contribution in [3.63, 3.8) is 0 Å². The van der Waals surface area contributed by atoms with Gasteiger partial charge in [-0.2, -0.15) is 0 Å². The Morgan fingerprint density at radius 2 is 1.81 bits per heavy atom. The maximum absolute atomic E-state index is 12.6. The normalized spacial score (nSPS) is 28.1. The van der Waals surface area contributed by atoms with E-state index in [1.807, 2.05) is 13.8 Å². The minimum atomic E-state index is -0.792. The van der Waals surface area contributed by atoms with Crippen LogP contribution in [0.5, 0.6) is 0 Å². The third kappa shape index (κ3) is 3.74. The smallest absolute Gasteiger partial charge is 0.308 e. The number of carboxylic acid groups (broad SMARTS) is 1. The van der Waals surface area contributed by atoms with Gasteiger partial charge in [0.1, 0.15) is 0 Å². The summed E-state index contributed by atoms with van der Waals surface area (Å²) in [5.74, 6) is -1.29. The van der Waals surface area contributed by atoms with Crippen LogP contribution in [0.25, 0.3) is 0 Å². The van der Waals surface area contributed by atoms with Gasteiger partial charge in [0.05, 0.1) is 11.5 Å². The van der Waals surface area contributed by atoms with E-state index in [4.69, 9.17) is 0 Å². The van der Waals surface area contributed by atoms with Crippen LogP contribution in [0, 0.1) is 5.92 Å². The van der Waals surface area contributed by atoms with Crippen molar-refractivity contribution in [3.05, 3.63) is 0 Å². The number of aliphatic carboxylic acids is 1. The minimum absolute atomic E-state index is 0.0532. The molecule has 6 nitrogen and oxygen atoms in total. The third-order valence-electron chi connectivity index (χ3n) is 4.86. The largest absolute Gasteiger partial charge is 0.481 e. The van der Waals surface area contributed by atoms with Crippen LogP contribution >= 0.6 is 0 Å². The fraction of sp³-hybridized carbons (Fsp3) is 0.867. The molecule has 2 rings (SSSR count). The first-order valence-corrected chi connectivity index (χ1v) is 7.92. The molecule has 1 saturated heterocycles. The second-order valence-corrected chi connectivity index (χ2v) is 6.61. The van der Waals surface area contributed by atoms with Crippen molar-refractivity contribution >= 4 is 11.9 Å². The SMILES string of the molecule is CC(C)(C(=O)NC1CCCCC1C(=O)O)N1CCNCC1. The van der Waals surface area contributed by atoms with Crippen LogP contribution in [0.3, 0.4) is 0 Å².